The van der Waals surface area contributed by atoms with Gasteiger partial charge in [-0.25, -0.2) is 4.98 Å². The molecule has 1 aliphatic rings. The fraction of sp³-hybridized carbons (Fsp3) is 0.0870. The standard InChI is InChI=1S/C23H15BrN2O3/c1-13-9-10-25-18(11-13)26-20(14-5-4-6-15(24)12-14)19-21(27)16-7-2-3-8-17(16)29-22(19)23(26)28/h2-12,20H,1H3/t20-/m0/s1. The maximum Gasteiger partial charge on any atom is 0.296 e. The number of nitrogens with zero attached hydrogens (tertiary/aromatic N) is 2. The molecule has 4 aromatic rings. The largest absolute Gasteiger partial charge is 0.450 e. The van der Waals surface area contributed by atoms with Crippen molar-refractivity contribution in [2.24, 2.45) is 0 Å². The Kier molecular flexibility index (Phi) is 4.10. The molecule has 0 aliphatic carbocycles. The van der Waals surface area contributed by atoms with Crippen molar-refractivity contribution >= 4 is 38.6 Å². The number of aryl methyl sites for hydroxylation is 1. The Morgan fingerprint density at radius 1 is 1.03 bits per heavy atom. The number of halogens is 1. The van der Waals surface area contributed by atoms with E-state index >= 15 is 0 Å². The lowest BCUT2D eigenvalue weighted by Gasteiger charge is -2.24. The minimum Gasteiger partial charge on any atom is -0.450 e. The van der Waals surface area contributed by atoms with Gasteiger partial charge in [-0.3, -0.25) is 14.5 Å². The van der Waals surface area contributed by atoms with E-state index in [0.29, 0.717) is 22.4 Å². The zero-order valence-corrected chi connectivity index (χ0v) is 17.0. The highest BCUT2D eigenvalue weighted by molar-refractivity contribution is 9.10. The summed E-state index contributed by atoms with van der Waals surface area (Å²) in [6, 6.07) is 17.7. The number of para-hydroxylation sites is 1. The summed E-state index contributed by atoms with van der Waals surface area (Å²) in [5, 5.41) is 0.457. The summed E-state index contributed by atoms with van der Waals surface area (Å²) in [5.41, 5.74) is 2.32. The van der Waals surface area contributed by atoms with Gasteiger partial charge in [-0.15, -0.1) is 0 Å². The Bertz CT molecular complexity index is 1350. The topological polar surface area (TPSA) is 63.4 Å². The van der Waals surface area contributed by atoms with Crippen LogP contribution in [0, 0.1) is 6.92 Å². The Labute approximate surface area is 174 Å². The number of fused-ring (bicyclic) bond motifs is 2. The molecule has 1 aliphatic heterocycles. The van der Waals surface area contributed by atoms with Crippen molar-refractivity contribution in [3.8, 4) is 0 Å². The number of pyridine rings is 1. The van der Waals surface area contributed by atoms with Crippen LogP contribution in [0.1, 0.15) is 33.3 Å². The molecule has 6 heteroatoms. The smallest absolute Gasteiger partial charge is 0.296 e. The first-order chi connectivity index (χ1) is 14.0. The Hall–Kier alpha value is -3.25. The zero-order chi connectivity index (χ0) is 20.1. The van der Waals surface area contributed by atoms with E-state index in [1.54, 1.807) is 35.4 Å². The van der Waals surface area contributed by atoms with Crippen LogP contribution in [0.25, 0.3) is 11.0 Å². The Balaban J connectivity index is 1.84. The Morgan fingerprint density at radius 3 is 2.66 bits per heavy atom. The molecule has 3 heterocycles. The fourth-order valence-electron chi connectivity index (χ4n) is 3.80. The second kappa shape index (κ2) is 6.67. The summed E-state index contributed by atoms with van der Waals surface area (Å²) < 4.78 is 6.79. The molecule has 5 rings (SSSR count). The number of benzene rings is 2. The number of anilines is 1. The molecule has 2 aromatic carbocycles. The van der Waals surface area contributed by atoms with Crippen LogP contribution in [-0.4, -0.2) is 10.9 Å². The van der Waals surface area contributed by atoms with Crippen molar-refractivity contribution < 1.29 is 9.21 Å². The summed E-state index contributed by atoms with van der Waals surface area (Å²) >= 11 is 3.49. The molecule has 0 fully saturated rings. The molecule has 1 atom stereocenters. The molecule has 2 aromatic heterocycles. The highest BCUT2D eigenvalue weighted by Crippen LogP contribution is 2.41. The van der Waals surface area contributed by atoms with Gasteiger partial charge in [0.2, 0.25) is 5.76 Å². The summed E-state index contributed by atoms with van der Waals surface area (Å²) in [4.78, 5) is 32.8. The van der Waals surface area contributed by atoms with Gasteiger partial charge in [0.05, 0.1) is 17.0 Å². The van der Waals surface area contributed by atoms with Gasteiger partial charge in [0.15, 0.2) is 5.43 Å². The highest BCUT2D eigenvalue weighted by atomic mass is 79.9. The van der Waals surface area contributed by atoms with E-state index in [1.165, 1.54) is 0 Å². The van der Waals surface area contributed by atoms with Crippen molar-refractivity contribution in [1.29, 1.82) is 0 Å². The molecule has 0 N–H and O–H groups in total. The molecular formula is C23H15BrN2O3. The lowest BCUT2D eigenvalue weighted by Crippen LogP contribution is -2.30. The lowest BCUT2D eigenvalue weighted by molar-refractivity contribution is 0.0970. The minimum absolute atomic E-state index is 0.0713. The number of aromatic nitrogens is 1. The third-order valence-electron chi connectivity index (χ3n) is 5.09. The van der Waals surface area contributed by atoms with Crippen LogP contribution in [0.3, 0.4) is 0 Å². The minimum atomic E-state index is -0.620. The summed E-state index contributed by atoms with van der Waals surface area (Å²) in [7, 11) is 0. The second-order valence-electron chi connectivity index (χ2n) is 6.99. The molecule has 0 bridgehead atoms. The molecule has 142 valence electrons. The van der Waals surface area contributed by atoms with Gasteiger partial charge < -0.3 is 4.42 Å². The number of hydrogen-bond acceptors (Lipinski definition) is 4. The maximum atomic E-state index is 13.4. The van der Waals surface area contributed by atoms with E-state index < -0.39 is 6.04 Å². The molecule has 5 nitrogen and oxygen atoms in total. The first kappa shape index (κ1) is 17.8. The summed E-state index contributed by atoms with van der Waals surface area (Å²) in [5.74, 6) is 0.183. The molecule has 0 unspecified atom stereocenters. The average Bonchev–Trinajstić information content (AvgIpc) is 3.01. The van der Waals surface area contributed by atoms with Gasteiger partial charge in [-0.1, -0.05) is 40.2 Å². The van der Waals surface area contributed by atoms with Crippen molar-refractivity contribution in [3.05, 3.63) is 104 Å². The second-order valence-corrected chi connectivity index (χ2v) is 7.91. The van der Waals surface area contributed by atoms with E-state index in [2.05, 4.69) is 20.9 Å². The number of carbonyl (C=O) groups excluding carboxylic acids is 1. The van der Waals surface area contributed by atoms with E-state index in [9.17, 15) is 9.59 Å². The molecule has 0 radical (unpaired) electrons. The molecule has 0 saturated carbocycles. The Morgan fingerprint density at radius 2 is 1.86 bits per heavy atom. The third kappa shape index (κ3) is 2.79. The van der Waals surface area contributed by atoms with Crippen LogP contribution in [0.15, 0.2) is 80.5 Å². The molecule has 29 heavy (non-hydrogen) atoms. The number of amides is 1. The lowest BCUT2D eigenvalue weighted by atomic mass is 9.98. The van der Waals surface area contributed by atoms with Crippen LogP contribution in [-0.2, 0) is 0 Å². The van der Waals surface area contributed by atoms with Crippen LogP contribution >= 0.6 is 15.9 Å². The molecule has 0 spiro atoms. The predicted molar refractivity (Wildman–Crippen MR) is 114 cm³/mol. The number of carbonyl (C=O) groups is 1. The first-order valence-electron chi connectivity index (χ1n) is 9.12. The molecule has 1 amide bonds. The van der Waals surface area contributed by atoms with Gasteiger partial charge in [-0.2, -0.15) is 0 Å². The van der Waals surface area contributed by atoms with Gasteiger partial charge in [-0.05, 0) is 54.4 Å². The van der Waals surface area contributed by atoms with Crippen molar-refractivity contribution in [3.63, 3.8) is 0 Å². The molecule has 0 saturated heterocycles. The zero-order valence-electron chi connectivity index (χ0n) is 15.4. The average molecular weight is 447 g/mol. The van der Waals surface area contributed by atoms with Crippen LogP contribution in [0.4, 0.5) is 5.82 Å². The van der Waals surface area contributed by atoms with E-state index in [1.807, 2.05) is 43.3 Å². The monoisotopic (exact) mass is 446 g/mol. The first-order valence-corrected chi connectivity index (χ1v) is 9.91. The van der Waals surface area contributed by atoms with Crippen LogP contribution in [0.2, 0.25) is 0 Å². The van der Waals surface area contributed by atoms with Gasteiger partial charge in [0, 0.05) is 10.7 Å². The van der Waals surface area contributed by atoms with Crippen molar-refractivity contribution in [2.45, 2.75) is 13.0 Å². The van der Waals surface area contributed by atoms with Gasteiger partial charge in [0.25, 0.3) is 5.91 Å². The van der Waals surface area contributed by atoms with Crippen LogP contribution in [0.5, 0.6) is 0 Å². The predicted octanol–water partition coefficient (Wildman–Crippen LogP) is 5.01. The third-order valence-corrected chi connectivity index (χ3v) is 5.58. The van der Waals surface area contributed by atoms with E-state index in [4.69, 9.17) is 4.42 Å². The van der Waals surface area contributed by atoms with Crippen LogP contribution < -0.4 is 10.3 Å². The van der Waals surface area contributed by atoms with E-state index in [-0.39, 0.29) is 17.1 Å². The highest BCUT2D eigenvalue weighted by Gasteiger charge is 2.44. The summed E-state index contributed by atoms with van der Waals surface area (Å²) in [6.45, 7) is 1.94. The maximum absolute atomic E-state index is 13.4. The fourth-order valence-corrected chi connectivity index (χ4v) is 4.22. The summed E-state index contributed by atoms with van der Waals surface area (Å²) in [6.07, 6.45) is 1.66. The molecular weight excluding hydrogens is 432 g/mol. The quantitative estimate of drug-likeness (QED) is 0.434. The van der Waals surface area contributed by atoms with Crippen molar-refractivity contribution in [2.75, 3.05) is 4.90 Å². The number of rotatable bonds is 2. The van der Waals surface area contributed by atoms with Crippen molar-refractivity contribution in [1.82, 2.24) is 4.98 Å². The SMILES string of the molecule is Cc1ccnc(N2C(=O)c3oc4ccccc4c(=O)c3[C@@H]2c2cccc(Br)c2)c1. The normalized spacial score (nSPS) is 15.7. The van der Waals surface area contributed by atoms with Gasteiger partial charge >= 0.3 is 0 Å². The number of hydrogen-bond donors (Lipinski definition) is 0. The van der Waals surface area contributed by atoms with Gasteiger partial charge in [0.1, 0.15) is 11.4 Å². The van der Waals surface area contributed by atoms with E-state index in [0.717, 1.165) is 15.6 Å².